The normalized spacial score (nSPS) is 20.1. The van der Waals surface area contributed by atoms with Gasteiger partial charge in [0.25, 0.3) is 5.89 Å². The molecular weight excluding hydrogens is 503 g/mol. The van der Waals surface area contributed by atoms with Crippen LogP contribution in [-0.4, -0.2) is 53.2 Å². The number of guanidine groups is 1. The maximum atomic E-state index is 5.42. The minimum absolute atomic E-state index is 0. The lowest BCUT2D eigenvalue weighted by atomic mass is 10.1. The molecule has 7 nitrogen and oxygen atoms in total. The Bertz CT molecular complexity index is 848. The molecule has 0 radical (unpaired) electrons. The van der Waals surface area contributed by atoms with Crippen molar-refractivity contribution in [2.24, 2.45) is 4.99 Å². The molecule has 4 rings (SSSR count). The fourth-order valence-corrected chi connectivity index (χ4v) is 4.59. The zero-order chi connectivity index (χ0) is 20.8. The number of benzene rings is 1. The van der Waals surface area contributed by atoms with Gasteiger partial charge in [-0.1, -0.05) is 37.1 Å². The van der Waals surface area contributed by atoms with E-state index in [1.807, 2.05) is 19.2 Å². The van der Waals surface area contributed by atoms with E-state index in [9.17, 15) is 0 Å². The fourth-order valence-electron chi connectivity index (χ4n) is 4.59. The molecule has 0 amide bonds. The third-order valence-electron chi connectivity index (χ3n) is 6.20. The summed E-state index contributed by atoms with van der Waals surface area (Å²) in [6.07, 6.45) is 8.56. The van der Waals surface area contributed by atoms with E-state index in [2.05, 4.69) is 49.7 Å². The van der Waals surface area contributed by atoms with Crippen molar-refractivity contribution in [2.75, 3.05) is 20.1 Å². The lowest BCUT2D eigenvalue weighted by Gasteiger charge is -2.24. The van der Waals surface area contributed by atoms with Gasteiger partial charge in [-0.25, -0.2) is 0 Å². The molecule has 2 heterocycles. The summed E-state index contributed by atoms with van der Waals surface area (Å²) in [6, 6.07) is 9.51. The molecule has 1 atom stereocenters. The summed E-state index contributed by atoms with van der Waals surface area (Å²) in [4.78, 5) is 11.6. The second kappa shape index (κ2) is 11.8. The molecular formula is C23H35IN6O. The van der Waals surface area contributed by atoms with Gasteiger partial charge in [0.05, 0.1) is 0 Å². The van der Waals surface area contributed by atoms with Crippen LogP contribution in [0.15, 0.2) is 33.8 Å². The maximum Gasteiger partial charge on any atom is 0.257 e. The Morgan fingerprint density at radius 2 is 2.10 bits per heavy atom. The van der Waals surface area contributed by atoms with Crippen molar-refractivity contribution in [3.8, 4) is 11.5 Å². The number of nitrogens with zero attached hydrogens (tertiary/aromatic N) is 4. The van der Waals surface area contributed by atoms with Crippen molar-refractivity contribution in [2.45, 2.75) is 70.5 Å². The fraction of sp³-hybridized carbons (Fsp3) is 0.609. The minimum atomic E-state index is 0. The van der Waals surface area contributed by atoms with Crippen LogP contribution in [0.2, 0.25) is 0 Å². The van der Waals surface area contributed by atoms with Crippen molar-refractivity contribution in [3.05, 3.63) is 35.7 Å². The molecule has 1 saturated carbocycles. The van der Waals surface area contributed by atoms with Crippen LogP contribution in [0.25, 0.3) is 11.5 Å². The Morgan fingerprint density at radius 3 is 2.87 bits per heavy atom. The second-order valence-electron chi connectivity index (χ2n) is 8.46. The van der Waals surface area contributed by atoms with Crippen LogP contribution in [0, 0.1) is 0 Å². The zero-order valence-corrected chi connectivity index (χ0v) is 21.0. The molecule has 2 fully saturated rings. The Balaban J connectivity index is 0.00000272. The molecule has 31 heavy (non-hydrogen) atoms. The average Bonchev–Trinajstić information content (AvgIpc) is 3.53. The lowest BCUT2D eigenvalue weighted by molar-refractivity contribution is 0.242. The van der Waals surface area contributed by atoms with E-state index in [1.165, 1.54) is 38.6 Å². The SMILES string of the molecule is CCCc1noc(-c2cccc(CNC(=NC)NC3CCN(C4CCCC4)C3)c2)n1.I. The number of hydrogen-bond acceptors (Lipinski definition) is 5. The topological polar surface area (TPSA) is 78.6 Å². The second-order valence-corrected chi connectivity index (χ2v) is 8.46. The van der Waals surface area contributed by atoms with Crippen LogP contribution in [0.1, 0.15) is 56.8 Å². The molecule has 1 saturated heterocycles. The standard InChI is InChI=1S/C23H34N6O.HI/c1-3-7-21-27-22(30-28-21)18-9-6-8-17(14-18)15-25-23(24-2)26-19-12-13-29(16-19)20-10-4-5-11-20;/h6,8-9,14,19-20H,3-5,7,10-13,15-16H2,1-2H3,(H2,24,25,26);1H. The number of hydrogen-bond donors (Lipinski definition) is 2. The highest BCUT2D eigenvalue weighted by Crippen LogP contribution is 2.26. The van der Waals surface area contributed by atoms with Crippen LogP contribution in [0.4, 0.5) is 0 Å². The third kappa shape index (κ3) is 6.41. The maximum absolute atomic E-state index is 5.42. The van der Waals surface area contributed by atoms with E-state index in [0.717, 1.165) is 48.3 Å². The van der Waals surface area contributed by atoms with Gasteiger partial charge in [-0.05, 0) is 43.4 Å². The highest BCUT2D eigenvalue weighted by molar-refractivity contribution is 14.0. The van der Waals surface area contributed by atoms with Gasteiger partial charge in [0.1, 0.15) is 0 Å². The highest BCUT2D eigenvalue weighted by Gasteiger charge is 2.30. The first-order valence-electron chi connectivity index (χ1n) is 11.4. The van der Waals surface area contributed by atoms with Gasteiger partial charge in [-0.2, -0.15) is 4.98 Å². The van der Waals surface area contributed by atoms with Gasteiger partial charge in [-0.15, -0.1) is 24.0 Å². The summed E-state index contributed by atoms with van der Waals surface area (Å²) in [7, 11) is 1.84. The van der Waals surface area contributed by atoms with Crippen LogP contribution in [0.5, 0.6) is 0 Å². The molecule has 1 aliphatic carbocycles. The first kappa shape index (κ1) is 24.0. The Labute approximate surface area is 202 Å². The quantitative estimate of drug-likeness (QED) is 0.316. The van der Waals surface area contributed by atoms with Gasteiger partial charge in [0, 0.05) is 50.7 Å². The predicted octanol–water partition coefficient (Wildman–Crippen LogP) is 3.99. The average molecular weight is 538 g/mol. The first-order chi connectivity index (χ1) is 14.7. The summed E-state index contributed by atoms with van der Waals surface area (Å²) >= 11 is 0. The van der Waals surface area contributed by atoms with E-state index < -0.39 is 0 Å². The number of nitrogens with one attached hydrogen (secondary N) is 2. The van der Waals surface area contributed by atoms with Gasteiger partial charge in [0.15, 0.2) is 11.8 Å². The number of rotatable bonds is 7. The Kier molecular flexibility index (Phi) is 9.13. The number of likely N-dealkylation sites (tertiary alicyclic amines) is 1. The van der Waals surface area contributed by atoms with E-state index in [0.29, 0.717) is 18.5 Å². The predicted molar refractivity (Wildman–Crippen MR) is 135 cm³/mol. The molecule has 1 unspecified atom stereocenters. The summed E-state index contributed by atoms with van der Waals surface area (Å²) in [5, 5.41) is 11.1. The van der Waals surface area contributed by atoms with Crippen molar-refractivity contribution in [1.82, 2.24) is 25.7 Å². The molecule has 1 aromatic carbocycles. The van der Waals surface area contributed by atoms with Crippen LogP contribution in [-0.2, 0) is 13.0 Å². The van der Waals surface area contributed by atoms with Gasteiger partial charge in [-0.3, -0.25) is 9.89 Å². The van der Waals surface area contributed by atoms with Gasteiger partial charge >= 0.3 is 0 Å². The summed E-state index contributed by atoms with van der Waals surface area (Å²) in [6.45, 7) is 5.13. The van der Waals surface area contributed by atoms with Crippen molar-refractivity contribution >= 4 is 29.9 Å². The van der Waals surface area contributed by atoms with E-state index in [1.54, 1.807) is 0 Å². The van der Waals surface area contributed by atoms with E-state index in [4.69, 9.17) is 4.52 Å². The Morgan fingerprint density at radius 1 is 1.26 bits per heavy atom. The molecule has 1 aromatic heterocycles. The van der Waals surface area contributed by atoms with Crippen LogP contribution >= 0.6 is 24.0 Å². The molecule has 2 N–H and O–H groups in total. The molecule has 2 aliphatic rings. The van der Waals surface area contributed by atoms with Gasteiger partial charge < -0.3 is 15.2 Å². The third-order valence-corrected chi connectivity index (χ3v) is 6.20. The smallest absolute Gasteiger partial charge is 0.257 e. The highest BCUT2D eigenvalue weighted by atomic mass is 127. The van der Waals surface area contributed by atoms with Crippen molar-refractivity contribution in [3.63, 3.8) is 0 Å². The number of aryl methyl sites for hydroxylation is 1. The molecule has 170 valence electrons. The summed E-state index contributed by atoms with van der Waals surface area (Å²) in [5.74, 6) is 2.21. The molecule has 0 spiro atoms. The first-order valence-corrected chi connectivity index (χ1v) is 11.4. The van der Waals surface area contributed by atoms with Crippen LogP contribution in [0.3, 0.4) is 0 Å². The van der Waals surface area contributed by atoms with Crippen molar-refractivity contribution in [1.29, 1.82) is 0 Å². The molecule has 2 aromatic rings. The summed E-state index contributed by atoms with van der Waals surface area (Å²) < 4.78 is 5.42. The minimum Gasteiger partial charge on any atom is -0.352 e. The lowest BCUT2D eigenvalue weighted by Crippen LogP contribution is -2.45. The molecule has 8 heteroatoms. The number of halogens is 1. The number of aromatic nitrogens is 2. The van der Waals surface area contributed by atoms with Gasteiger partial charge in [0.2, 0.25) is 0 Å². The monoisotopic (exact) mass is 538 g/mol. The molecule has 0 bridgehead atoms. The zero-order valence-electron chi connectivity index (χ0n) is 18.6. The largest absolute Gasteiger partial charge is 0.352 e. The van der Waals surface area contributed by atoms with Crippen LogP contribution < -0.4 is 10.6 Å². The summed E-state index contributed by atoms with van der Waals surface area (Å²) in [5.41, 5.74) is 2.11. The van der Waals surface area contributed by atoms with E-state index >= 15 is 0 Å². The van der Waals surface area contributed by atoms with E-state index in [-0.39, 0.29) is 24.0 Å². The molecule has 1 aliphatic heterocycles. The number of aliphatic imine (C=N–C) groups is 1. The Hall–Kier alpha value is -1.68. The van der Waals surface area contributed by atoms with Crippen molar-refractivity contribution < 1.29 is 4.52 Å².